The lowest BCUT2D eigenvalue weighted by molar-refractivity contribution is -0.100. The molecule has 140 valence electrons. The van der Waals surface area contributed by atoms with Crippen molar-refractivity contribution in [3.63, 3.8) is 0 Å². The number of aryl methyl sites for hydroxylation is 1. The van der Waals surface area contributed by atoms with Gasteiger partial charge in [0.2, 0.25) is 0 Å². The number of piperidine rings is 1. The number of nitrogens with zero attached hydrogens (tertiary/aromatic N) is 1. The molecular formula is C21H26ClNO2S. The van der Waals surface area contributed by atoms with E-state index in [-0.39, 0.29) is 5.60 Å². The third-order valence-electron chi connectivity index (χ3n) is 5.76. The number of β-amino-alcohol motifs (C(OH)–C–C–N with tert-alkyl or cyclic N) is 1. The molecular weight excluding hydrogens is 366 g/mol. The molecule has 0 bridgehead atoms. The molecule has 1 aromatic heterocycles. The lowest BCUT2D eigenvalue weighted by Gasteiger charge is -2.44. The highest BCUT2D eigenvalue weighted by Crippen LogP contribution is 2.44. The smallest absolute Gasteiger partial charge is 0.0966 e. The molecule has 0 saturated carbocycles. The quantitative estimate of drug-likeness (QED) is 0.829. The molecule has 26 heavy (non-hydrogen) atoms. The van der Waals surface area contributed by atoms with Crippen LogP contribution >= 0.6 is 22.9 Å². The molecule has 5 heteroatoms. The van der Waals surface area contributed by atoms with Crippen LogP contribution in [0.2, 0.25) is 5.02 Å². The van der Waals surface area contributed by atoms with Gasteiger partial charge in [0.1, 0.15) is 0 Å². The average Bonchev–Trinajstić information content (AvgIpc) is 3.09. The van der Waals surface area contributed by atoms with Gasteiger partial charge in [-0.15, -0.1) is 11.3 Å². The fraction of sp³-hybridized carbons (Fsp3) is 0.524. The van der Waals surface area contributed by atoms with E-state index in [0.29, 0.717) is 11.6 Å². The van der Waals surface area contributed by atoms with E-state index < -0.39 is 6.10 Å². The molecule has 4 rings (SSSR count). The fourth-order valence-corrected chi connectivity index (χ4v) is 5.50. The number of aliphatic hydroxyl groups is 1. The summed E-state index contributed by atoms with van der Waals surface area (Å²) in [5.41, 5.74) is 2.28. The summed E-state index contributed by atoms with van der Waals surface area (Å²) in [6.07, 6.45) is 3.70. The molecule has 1 fully saturated rings. The van der Waals surface area contributed by atoms with Crippen molar-refractivity contribution in [1.29, 1.82) is 0 Å². The van der Waals surface area contributed by atoms with Crippen LogP contribution in [0.5, 0.6) is 0 Å². The van der Waals surface area contributed by atoms with E-state index in [0.717, 1.165) is 50.9 Å². The Bertz CT molecular complexity index is 750. The Hall–Kier alpha value is -0.910. The summed E-state index contributed by atoms with van der Waals surface area (Å²) in [5, 5.41) is 11.2. The predicted molar refractivity (Wildman–Crippen MR) is 107 cm³/mol. The number of halogens is 1. The largest absolute Gasteiger partial charge is 0.387 e. The van der Waals surface area contributed by atoms with Crippen molar-refractivity contribution in [2.24, 2.45) is 0 Å². The fourth-order valence-electron chi connectivity index (χ4n) is 4.19. The maximum Gasteiger partial charge on any atom is 0.0966 e. The number of hydrogen-bond acceptors (Lipinski definition) is 4. The zero-order valence-electron chi connectivity index (χ0n) is 15.2. The van der Waals surface area contributed by atoms with Gasteiger partial charge in [0.25, 0.3) is 0 Å². The Morgan fingerprint density at radius 2 is 2.00 bits per heavy atom. The second-order valence-corrected chi connectivity index (χ2v) is 9.02. The van der Waals surface area contributed by atoms with E-state index >= 15 is 0 Å². The molecule has 2 aliphatic heterocycles. The van der Waals surface area contributed by atoms with Gasteiger partial charge in [0.15, 0.2) is 0 Å². The first kappa shape index (κ1) is 18.5. The number of aliphatic hydroxyl groups excluding tert-OH is 1. The Balaban J connectivity index is 1.41. The lowest BCUT2D eigenvalue weighted by Crippen LogP contribution is -2.47. The van der Waals surface area contributed by atoms with Crippen molar-refractivity contribution in [3.05, 3.63) is 56.2 Å². The van der Waals surface area contributed by atoms with Gasteiger partial charge in [0, 0.05) is 40.8 Å². The number of likely N-dealkylation sites (tertiary alicyclic amines) is 1. The van der Waals surface area contributed by atoms with Crippen LogP contribution in [0.25, 0.3) is 0 Å². The Morgan fingerprint density at radius 1 is 1.27 bits per heavy atom. The minimum atomic E-state index is -0.475. The standard InChI is InChI=1S/C21H26ClNO2S/c1-2-17-13-18-20(26-17)7-12-25-21(18)8-10-23(11-9-21)14-19(24)15-3-5-16(22)6-4-15/h3-6,13,19,24H,2,7-12,14H2,1H3. The molecule has 1 aromatic carbocycles. The summed E-state index contributed by atoms with van der Waals surface area (Å²) in [7, 11) is 0. The van der Waals surface area contributed by atoms with Crippen LogP contribution in [0, 0.1) is 0 Å². The molecule has 0 radical (unpaired) electrons. The maximum absolute atomic E-state index is 10.5. The number of benzene rings is 1. The van der Waals surface area contributed by atoms with Gasteiger partial charge in [0.05, 0.1) is 18.3 Å². The van der Waals surface area contributed by atoms with Gasteiger partial charge >= 0.3 is 0 Å². The summed E-state index contributed by atoms with van der Waals surface area (Å²) in [5.74, 6) is 0. The van der Waals surface area contributed by atoms with E-state index in [9.17, 15) is 5.11 Å². The SMILES string of the molecule is CCc1cc2c(s1)CCOC21CCN(CC(O)c2ccc(Cl)cc2)CC1. The van der Waals surface area contributed by atoms with E-state index in [4.69, 9.17) is 16.3 Å². The molecule has 1 saturated heterocycles. The van der Waals surface area contributed by atoms with Crippen LogP contribution in [0.1, 0.15) is 46.8 Å². The number of fused-ring (bicyclic) bond motifs is 2. The molecule has 1 spiro atoms. The zero-order valence-corrected chi connectivity index (χ0v) is 16.8. The molecule has 0 amide bonds. The number of hydrogen-bond donors (Lipinski definition) is 1. The second-order valence-electron chi connectivity index (χ2n) is 7.36. The van der Waals surface area contributed by atoms with Crippen molar-refractivity contribution in [2.75, 3.05) is 26.2 Å². The summed E-state index contributed by atoms with van der Waals surface area (Å²) in [6.45, 7) is 5.65. The van der Waals surface area contributed by atoms with Crippen LogP contribution in [0.3, 0.4) is 0 Å². The summed E-state index contributed by atoms with van der Waals surface area (Å²) < 4.78 is 6.34. The average molecular weight is 392 g/mol. The van der Waals surface area contributed by atoms with Crippen molar-refractivity contribution in [1.82, 2.24) is 4.90 Å². The summed E-state index contributed by atoms with van der Waals surface area (Å²) >= 11 is 7.91. The Morgan fingerprint density at radius 3 is 2.69 bits per heavy atom. The predicted octanol–water partition coefficient (Wildman–Crippen LogP) is 4.56. The molecule has 1 atom stereocenters. The first-order valence-corrected chi connectivity index (χ1v) is 10.7. The number of rotatable bonds is 4. The van der Waals surface area contributed by atoms with Gasteiger partial charge in [-0.05, 0) is 48.6 Å². The summed E-state index contributed by atoms with van der Waals surface area (Å²) in [6, 6.07) is 9.88. The molecule has 0 aliphatic carbocycles. The lowest BCUT2D eigenvalue weighted by atomic mass is 9.82. The van der Waals surface area contributed by atoms with Gasteiger partial charge in [-0.1, -0.05) is 30.7 Å². The van der Waals surface area contributed by atoms with Crippen molar-refractivity contribution < 1.29 is 9.84 Å². The highest BCUT2D eigenvalue weighted by Gasteiger charge is 2.42. The van der Waals surface area contributed by atoms with Crippen molar-refractivity contribution in [3.8, 4) is 0 Å². The van der Waals surface area contributed by atoms with Crippen molar-refractivity contribution in [2.45, 2.75) is 44.3 Å². The first-order valence-electron chi connectivity index (χ1n) is 9.51. The van der Waals surface area contributed by atoms with E-state index in [1.54, 1.807) is 0 Å². The van der Waals surface area contributed by atoms with Crippen LogP contribution < -0.4 is 0 Å². The third kappa shape index (κ3) is 3.58. The highest BCUT2D eigenvalue weighted by molar-refractivity contribution is 7.12. The zero-order chi connectivity index (χ0) is 18.1. The number of ether oxygens (including phenoxy) is 1. The molecule has 2 aliphatic rings. The first-order chi connectivity index (χ1) is 12.6. The third-order valence-corrected chi connectivity index (χ3v) is 7.35. The summed E-state index contributed by atoms with van der Waals surface area (Å²) in [4.78, 5) is 5.36. The minimum absolute atomic E-state index is 0.0980. The van der Waals surface area contributed by atoms with E-state index in [1.807, 2.05) is 35.6 Å². The van der Waals surface area contributed by atoms with Crippen LogP contribution in [-0.2, 0) is 23.2 Å². The van der Waals surface area contributed by atoms with E-state index in [2.05, 4.69) is 17.9 Å². The minimum Gasteiger partial charge on any atom is -0.387 e. The van der Waals surface area contributed by atoms with Crippen LogP contribution in [0.4, 0.5) is 0 Å². The number of thiophene rings is 1. The van der Waals surface area contributed by atoms with E-state index in [1.165, 1.54) is 15.3 Å². The van der Waals surface area contributed by atoms with Gasteiger partial charge in [-0.2, -0.15) is 0 Å². The van der Waals surface area contributed by atoms with Gasteiger partial charge < -0.3 is 14.7 Å². The van der Waals surface area contributed by atoms with Crippen molar-refractivity contribution >= 4 is 22.9 Å². The molecule has 3 nitrogen and oxygen atoms in total. The second kappa shape index (κ2) is 7.61. The molecule has 2 aromatic rings. The maximum atomic E-state index is 10.5. The van der Waals surface area contributed by atoms with Crippen LogP contribution in [0.15, 0.2) is 30.3 Å². The monoisotopic (exact) mass is 391 g/mol. The molecule has 1 N–H and O–H groups in total. The van der Waals surface area contributed by atoms with Gasteiger partial charge in [-0.25, -0.2) is 0 Å². The van der Waals surface area contributed by atoms with Crippen LogP contribution in [-0.4, -0.2) is 36.2 Å². The molecule has 3 heterocycles. The topological polar surface area (TPSA) is 32.7 Å². The Kier molecular flexibility index (Phi) is 5.40. The highest BCUT2D eigenvalue weighted by atomic mass is 35.5. The van der Waals surface area contributed by atoms with Gasteiger partial charge in [-0.3, -0.25) is 0 Å². The molecule has 1 unspecified atom stereocenters. The Labute approximate surface area is 164 Å². The normalized spacial score (nSPS) is 20.9.